The molecular formula is C21H28BFN2O2. The SMILES string of the molecule is CC(C)Cn1nc(-c2ccccc2)cc1C=C(F)B1OC(C)(C)C(C)(C)O1. The lowest BCUT2D eigenvalue weighted by atomic mass is 9.87. The van der Waals surface area contributed by atoms with Crippen LogP contribution in [0.1, 0.15) is 47.2 Å². The number of nitrogens with zero attached hydrogens (tertiary/aromatic N) is 2. The maximum Gasteiger partial charge on any atom is 0.525 e. The minimum absolute atomic E-state index is 0.389. The standard InChI is InChI=1S/C21H28BFN2O2/c1-15(2)14-25-17(12-18(24-25)16-10-8-7-9-11-16)13-19(23)22-26-20(3,4)21(5,6)27-22/h7-13,15H,14H2,1-6H3. The molecule has 2 aromatic rings. The van der Waals surface area contributed by atoms with Crippen LogP contribution < -0.4 is 0 Å². The molecule has 2 heterocycles. The van der Waals surface area contributed by atoms with Crippen LogP contribution in [0.4, 0.5) is 4.39 Å². The van der Waals surface area contributed by atoms with Crippen molar-refractivity contribution in [3.63, 3.8) is 0 Å². The third-order valence-corrected chi connectivity index (χ3v) is 5.18. The highest BCUT2D eigenvalue weighted by molar-refractivity contribution is 6.54. The van der Waals surface area contributed by atoms with Gasteiger partial charge in [-0.2, -0.15) is 5.10 Å². The van der Waals surface area contributed by atoms with Gasteiger partial charge >= 0.3 is 7.12 Å². The first-order chi connectivity index (χ1) is 12.6. The largest absolute Gasteiger partial charge is 0.525 e. The number of hydrogen-bond acceptors (Lipinski definition) is 3. The predicted molar refractivity (Wildman–Crippen MR) is 108 cm³/mol. The molecule has 3 rings (SSSR count). The van der Waals surface area contributed by atoms with Gasteiger partial charge in [-0.05, 0) is 45.8 Å². The van der Waals surface area contributed by atoms with Gasteiger partial charge in [0.25, 0.3) is 0 Å². The molecule has 144 valence electrons. The molecule has 0 bridgehead atoms. The first-order valence-electron chi connectivity index (χ1n) is 9.45. The molecule has 1 aliphatic heterocycles. The van der Waals surface area contributed by atoms with E-state index in [-0.39, 0.29) is 0 Å². The zero-order valence-corrected chi connectivity index (χ0v) is 17.0. The van der Waals surface area contributed by atoms with Gasteiger partial charge in [0.15, 0.2) is 0 Å². The van der Waals surface area contributed by atoms with E-state index < -0.39 is 24.0 Å². The van der Waals surface area contributed by atoms with E-state index in [1.807, 2.05) is 68.8 Å². The number of benzene rings is 1. The normalized spacial score (nSPS) is 19.1. The quantitative estimate of drug-likeness (QED) is 0.683. The van der Waals surface area contributed by atoms with Gasteiger partial charge in [0.1, 0.15) is 5.73 Å². The lowest BCUT2D eigenvalue weighted by Gasteiger charge is -2.32. The van der Waals surface area contributed by atoms with Gasteiger partial charge in [-0.3, -0.25) is 4.68 Å². The summed E-state index contributed by atoms with van der Waals surface area (Å²) < 4.78 is 28.5. The topological polar surface area (TPSA) is 36.3 Å². The summed E-state index contributed by atoms with van der Waals surface area (Å²) in [6.07, 6.45) is 1.48. The van der Waals surface area contributed by atoms with E-state index in [9.17, 15) is 4.39 Å². The number of aromatic nitrogens is 2. The van der Waals surface area contributed by atoms with Gasteiger partial charge in [-0.1, -0.05) is 44.2 Å². The fraction of sp³-hybridized carbons (Fsp3) is 0.476. The summed E-state index contributed by atoms with van der Waals surface area (Å²) in [7, 11) is -1.00. The average Bonchev–Trinajstić information content (AvgIpc) is 3.05. The van der Waals surface area contributed by atoms with E-state index in [0.29, 0.717) is 18.2 Å². The second kappa shape index (κ2) is 7.25. The fourth-order valence-electron chi connectivity index (χ4n) is 2.95. The summed E-state index contributed by atoms with van der Waals surface area (Å²) in [5.41, 5.74) is 0.940. The van der Waals surface area contributed by atoms with Crippen LogP contribution in [0.25, 0.3) is 17.3 Å². The van der Waals surface area contributed by atoms with Gasteiger partial charge in [-0.15, -0.1) is 0 Å². The molecule has 6 heteroatoms. The van der Waals surface area contributed by atoms with Gasteiger partial charge in [-0.25, -0.2) is 4.39 Å². The number of hydrogen-bond donors (Lipinski definition) is 0. The molecule has 0 aliphatic carbocycles. The molecule has 4 nitrogen and oxygen atoms in total. The number of rotatable bonds is 5. The van der Waals surface area contributed by atoms with Crippen molar-refractivity contribution in [1.82, 2.24) is 9.78 Å². The molecule has 0 N–H and O–H groups in total. The maximum absolute atomic E-state index is 15.0. The molecule has 1 aromatic carbocycles. The van der Waals surface area contributed by atoms with E-state index in [0.717, 1.165) is 11.3 Å². The van der Waals surface area contributed by atoms with Crippen LogP contribution in [-0.4, -0.2) is 28.1 Å². The van der Waals surface area contributed by atoms with Crippen molar-refractivity contribution in [1.29, 1.82) is 0 Å². The smallest absolute Gasteiger partial charge is 0.398 e. The van der Waals surface area contributed by atoms with E-state index in [1.165, 1.54) is 6.08 Å². The van der Waals surface area contributed by atoms with Gasteiger partial charge in [0.05, 0.1) is 22.6 Å². The lowest BCUT2D eigenvalue weighted by Crippen LogP contribution is -2.41. The molecule has 1 fully saturated rings. The Morgan fingerprint density at radius 1 is 1.15 bits per heavy atom. The molecule has 27 heavy (non-hydrogen) atoms. The minimum Gasteiger partial charge on any atom is -0.398 e. The molecule has 0 unspecified atom stereocenters. The van der Waals surface area contributed by atoms with Crippen molar-refractivity contribution >= 4 is 13.2 Å². The van der Waals surface area contributed by atoms with Crippen LogP contribution in [0.2, 0.25) is 0 Å². The Morgan fingerprint density at radius 3 is 2.30 bits per heavy atom. The molecule has 0 atom stereocenters. The average molecular weight is 370 g/mol. The molecular weight excluding hydrogens is 342 g/mol. The van der Waals surface area contributed by atoms with Crippen molar-refractivity contribution in [3.05, 3.63) is 47.8 Å². The zero-order chi connectivity index (χ0) is 19.8. The van der Waals surface area contributed by atoms with Crippen LogP contribution in [0.5, 0.6) is 0 Å². The van der Waals surface area contributed by atoms with Crippen LogP contribution in [0, 0.1) is 5.92 Å². The lowest BCUT2D eigenvalue weighted by molar-refractivity contribution is 0.00578. The first-order valence-corrected chi connectivity index (χ1v) is 9.45. The zero-order valence-electron chi connectivity index (χ0n) is 17.0. The third-order valence-electron chi connectivity index (χ3n) is 5.18. The summed E-state index contributed by atoms with van der Waals surface area (Å²) in [6, 6.07) is 11.8. The van der Waals surface area contributed by atoms with Crippen molar-refractivity contribution in [2.24, 2.45) is 5.92 Å². The monoisotopic (exact) mass is 370 g/mol. The van der Waals surface area contributed by atoms with Gasteiger partial charge in [0, 0.05) is 12.1 Å². The Morgan fingerprint density at radius 2 is 1.74 bits per heavy atom. The van der Waals surface area contributed by atoms with Crippen molar-refractivity contribution in [2.75, 3.05) is 0 Å². The van der Waals surface area contributed by atoms with Crippen molar-refractivity contribution < 1.29 is 13.7 Å². The molecule has 1 aromatic heterocycles. The minimum atomic E-state index is -1.00. The van der Waals surface area contributed by atoms with Crippen LogP contribution in [0.3, 0.4) is 0 Å². The maximum atomic E-state index is 15.0. The molecule has 0 radical (unpaired) electrons. The highest BCUT2D eigenvalue weighted by Gasteiger charge is 2.53. The summed E-state index contributed by atoms with van der Waals surface area (Å²) in [4.78, 5) is 0. The van der Waals surface area contributed by atoms with Gasteiger partial charge in [0.2, 0.25) is 0 Å². The molecule has 0 spiro atoms. The highest BCUT2D eigenvalue weighted by Crippen LogP contribution is 2.39. The Hall–Kier alpha value is -1.92. The van der Waals surface area contributed by atoms with Crippen LogP contribution in [0.15, 0.2) is 42.1 Å². The molecule has 1 saturated heterocycles. The second-order valence-electron chi connectivity index (χ2n) is 8.51. The molecule has 0 saturated carbocycles. The van der Waals surface area contributed by atoms with E-state index >= 15 is 0 Å². The third kappa shape index (κ3) is 4.17. The predicted octanol–water partition coefficient (Wildman–Crippen LogP) is 5.15. The first kappa shape index (κ1) is 19.8. The Bertz CT molecular complexity index is 812. The Kier molecular flexibility index (Phi) is 5.32. The summed E-state index contributed by atoms with van der Waals surface area (Å²) in [5, 5.41) is 4.68. The van der Waals surface area contributed by atoms with E-state index in [2.05, 4.69) is 18.9 Å². The number of halogens is 1. The fourth-order valence-corrected chi connectivity index (χ4v) is 2.95. The van der Waals surface area contributed by atoms with E-state index in [4.69, 9.17) is 9.31 Å². The van der Waals surface area contributed by atoms with Crippen molar-refractivity contribution in [3.8, 4) is 11.3 Å². The van der Waals surface area contributed by atoms with Crippen LogP contribution in [-0.2, 0) is 15.9 Å². The molecule has 1 aliphatic rings. The Labute approximate surface area is 161 Å². The van der Waals surface area contributed by atoms with Gasteiger partial charge < -0.3 is 9.31 Å². The summed E-state index contributed by atoms with van der Waals surface area (Å²) >= 11 is 0. The molecule has 0 amide bonds. The second-order valence-corrected chi connectivity index (χ2v) is 8.51. The highest BCUT2D eigenvalue weighted by atomic mass is 19.1. The summed E-state index contributed by atoms with van der Waals surface area (Å²) in [5.74, 6) is 0.389. The van der Waals surface area contributed by atoms with E-state index in [1.54, 1.807) is 0 Å². The Balaban J connectivity index is 1.93. The summed E-state index contributed by atoms with van der Waals surface area (Å²) in [6.45, 7) is 12.6. The van der Waals surface area contributed by atoms with Crippen LogP contribution >= 0.6 is 0 Å². The van der Waals surface area contributed by atoms with Crippen molar-refractivity contribution in [2.45, 2.75) is 59.3 Å².